The van der Waals surface area contributed by atoms with E-state index in [1.165, 1.54) is 10.9 Å². The Labute approximate surface area is 149 Å². The van der Waals surface area contributed by atoms with Crippen molar-refractivity contribution in [1.29, 1.82) is 0 Å². The van der Waals surface area contributed by atoms with Crippen molar-refractivity contribution in [1.82, 2.24) is 10.3 Å². The number of amides is 1. The van der Waals surface area contributed by atoms with Crippen molar-refractivity contribution < 1.29 is 9.53 Å². The highest BCUT2D eigenvalue weighted by Gasteiger charge is 2.39. The van der Waals surface area contributed by atoms with E-state index in [0.717, 1.165) is 37.6 Å². The molecular weight excluding hydrogens is 312 g/mol. The monoisotopic (exact) mass is 338 g/mol. The maximum absolute atomic E-state index is 12.8. The number of benzene rings is 1. The van der Waals surface area contributed by atoms with Crippen molar-refractivity contribution >= 4 is 16.8 Å². The SMILES string of the molecule is CC1(C(=O)N[C@H]2COC[C@H]2Cc2ccnc3ccccc23)CCCC1. The number of para-hydroxylation sites is 1. The molecule has 1 aromatic heterocycles. The van der Waals surface area contributed by atoms with Gasteiger partial charge in [-0.3, -0.25) is 9.78 Å². The molecule has 132 valence electrons. The predicted molar refractivity (Wildman–Crippen MR) is 98.3 cm³/mol. The van der Waals surface area contributed by atoms with Gasteiger partial charge in [0.05, 0.1) is 24.8 Å². The van der Waals surface area contributed by atoms with Crippen LogP contribution >= 0.6 is 0 Å². The fraction of sp³-hybridized carbons (Fsp3) is 0.524. The second-order valence-electron chi connectivity index (χ2n) is 7.84. The van der Waals surface area contributed by atoms with Crippen LogP contribution in [0.3, 0.4) is 0 Å². The summed E-state index contributed by atoms with van der Waals surface area (Å²) in [5.74, 6) is 0.532. The molecule has 2 aliphatic rings. The van der Waals surface area contributed by atoms with Crippen LogP contribution < -0.4 is 5.32 Å². The summed E-state index contributed by atoms with van der Waals surface area (Å²) in [4.78, 5) is 17.2. The molecule has 0 spiro atoms. The van der Waals surface area contributed by atoms with Crippen LogP contribution in [0.15, 0.2) is 36.5 Å². The molecule has 0 radical (unpaired) electrons. The third-order valence-electron chi connectivity index (χ3n) is 5.99. The highest BCUT2D eigenvalue weighted by molar-refractivity contribution is 5.83. The summed E-state index contributed by atoms with van der Waals surface area (Å²) in [6.07, 6.45) is 7.12. The molecule has 2 aromatic rings. The van der Waals surface area contributed by atoms with Gasteiger partial charge in [0, 0.05) is 22.9 Å². The molecule has 1 aromatic carbocycles. The predicted octanol–water partition coefficient (Wildman–Crippen LogP) is 3.49. The second kappa shape index (κ2) is 6.75. The molecule has 4 heteroatoms. The number of pyridine rings is 1. The molecule has 1 saturated carbocycles. The first-order valence-electron chi connectivity index (χ1n) is 9.37. The molecule has 25 heavy (non-hydrogen) atoms. The standard InChI is InChI=1S/C21H26N2O2/c1-21(9-4-5-10-21)20(24)23-19-14-25-13-16(19)12-15-8-11-22-18-7-3-2-6-17(15)18/h2-3,6-8,11,16,19H,4-5,9-10,12-14H2,1H3,(H,23,24)/t16-,19+/m1/s1. The van der Waals surface area contributed by atoms with Crippen molar-refractivity contribution in [2.24, 2.45) is 11.3 Å². The third-order valence-corrected chi connectivity index (χ3v) is 5.99. The molecule has 1 aliphatic heterocycles. The van der Waals surface area contributed by atoms with Crippen LogP contribution in [0, 0.1) is 11.3 Å². The number of hydrogen-bond acceptors (Lipinski definition) is 3. The van der Waals surface area contributed by atoms with E-state index in [-0.39, 0.29) is 17.4 Å². The van der Waals surface area contributed by atoms with E-state index >= 15 is 0 Å². The number of carbonyl (C=O) groups is 1. The smallest absolute Gasteiger partial charge is 0.226 e. The minimum atomic E-state index is -0.184. The molecule has 2 fully saturated rings. The molecule has 1 N–H and O–H groups in total. The van der Waals surface area contributed by atoms with Crippen molar-refractivity contribution in [2.45, 2.75) is 45.1 Å². The summed E-state index contributed by atoms with van der Waals surface area (Å²) in [7, 11) is 0. The Hall–Kier alpha value is -1.94. The molecule has 4 rings (SSSR count). The average Bonchev–Trinajstić information content (AvgIpc) is 3.25. The van der Waals surface area contributed by atoms with Gasteiger partial charge in [-0.2, -0.15) is 0 Å². The van der Waals surface area contributed by atoms with Crippen molar-refractivity contribution in [3.05, 3.63) is 42.1 Å². The summed E-state index contributed by atoms with van der Waals surface area (Å²) < 4.78 is 5.72. The molecule has 1 saturated heterocycles. The molecule has 1 aliphatic carbocycles. The maximum Gasteiger partial charge on any atom is 0.226 e. The largest absolute Gasteiger partial charge is 0.379 e. The Morgan fingerprint density at radius 1 is 1.24 bits per heavy atom. The highest BCUT2D eigenvalue weighted by Crippen LogP contribution is 2.38. The van der Waals surface area contributed by atoms with Gasteiger partial charge in [0.1, 0.15) is 0 Å². The maximum atomic E-state index is 12.8. The number of carbonyl (C=O) groups excluding carboxylic acids is 1. The van der Waals surface area contributed by atoms with E-state index in [0.29, 0.717) is 19.1 Å². The van der Waals surface area contributed by atoms with E-state index in [9.17, 15) is 4.79 Å². The number of aromatic nitrogens is 1. The van der Waals surface area contributed by atoms with E-state index in [4.69, 9.17) is 4.74 Å². The summed E-state index contributed by atoms with van der Waals surface area (Å²) in [6, 6.07) is 10.4. The van der Waals surface area contributed by atoms with Gasteiger partial charge in [0.2, 0.25) is 5.91 Å². The summed E-state index contributed by atoms with van der Waals surface area (Å²) in [5.41, 5.74) is 2.13. The molecule has 4 nitrogen and oxygen atoms in total. The van der Waals surface area contributed by atoms with Gasteiger partial charge >= 0.3 is 0 Å². The highest BCUT2D eigenvalue weighted by atomic mass is 16.5. The number of rotatable bonds is 4. The molecule has 2 heterocycles. The third kappa shape index (κ3) is 3.28. The lowest BCUT2D eigenvalue weighted by Gasteiger charge is -2.27. The zero-order chi connectivity index (χ0) is 17.3. The number of hydrogen-bond donors (Lipinski definition) is 1. The van der Waals surface area contributed by atoms with Crippen LogP contribution in [0.5, 0.6) is 0 Å². The average molecular weight is 338 g/mol. The van der Waals surface area contributed by atoms with Crippen LogP contribution in [0.25, 0.3) is 10.9 Å². The van der Waals surface area contributed by atoms with E-state index in [1.807, 2.05) is 18.3 Å². The number of fused-ring (bicyclic) bond motifs is 1. The molecule has 0 unspecified atom stereocenters. The molecular formula is C21H26N2O2. The van der Waals surface area contributed by atoms with Gasteiger partial charge < -0.3 is 10.1 Å². The van der Waals surface area contributed by atoms with Crippen LogP contribution in [0.4, 0.5) is 0 Å². The van der Waals surface area contributed by atoms with Crippen molar-refractivity contribution in [3.63, 3.8) is 0 Å². The van der Waals surface area contributed by atoms with Crippen LogP contribution in [-0.4, -0.2) is 30.1 Å². The molecule has 1 amide bonds. The number of ether oxygens (including phenoxy) is 1. The minimum absolute atomic E-state index is 0.108. The molecule has 0 bridgehead atoms. The normalized spacial score (nSPS) is 25.3. The van der Waals surface area contributed by atoms with Gasteiger partial charge in [-0.25, -0.2) is 0 Å². The van der Waals surface area contributed by atoms with Crippen LogP contribution in [0.1, 0.15) is 38.2 Å². The van der Waals surface area contributed by atoms with Gasteiger partial charge in [-0.1, -0.05) is 38.0 Å². The quantitative estimate of drug-likeness (QED) is 0.928. The van der Waals surface area contributed by atoms with E-state index in [1.54, 1.807) is 0 Å². The van der Waals surface area contributed by atoms with Gasteiger partial charge in [0.15, 0.2) is 0 Å². The summed E-state index contributed by atoms with van der Waals surface area (Å²) in [5, 5.41) is 4.50. The second-order valence-corrected chi connectivity index (χ2v) is 7.84. The minimum Gasteiger partial charge on any atom is -0.379 e. The van der Waals surface area contributed by atoms with Crippen molar-refractivity contribution in [3.8, 4) is 0 Å². The summed E-state index contributed by atoms with van der Waals surface area (Å²) >= 11 is 0. The van der Waals surface area contributed by atoms with Crippen LogP contribution in [-0.2, 0) is 16.0 Å². The fourth-order valence-electron chi connectivity index (χ4n) is 4.30. The van der Waals surface area contributed by atoms with E-state index in [2.05, 4.69) is 35.4 Å². The summed E-state index contributed by atoms with van der Waals surface area (Å²) in [6.45, 7) is 3.43. The lowest BCUT2D eigenvalue weighted by molar-refractivity contribution is -0.130. The first kappa shape index (κ1) is 16.5. The van der Waals surface area contributed by atoms with E-state index < -0.39 is 0 Å². The van der Waals surface area contributed by atoms with Gasteiger partial charge in [-0.15, -0.1) is 0 Å². The Morgan fingerprint density at radius 2 is 2.04 bits per heavy atom. The zero-order valence-corrected chi connectivity index (χ0v) is 14.8. The van der Waals surface area contributed by atoms with Crippen molar-refractivity contribution in [2.75, 3.05) is 13.2 Å². The Balaban J connectivity index is 1.49. The first-order valence-corrected chi connectivity index (χ1v) is 9.37. The Bertz CT molecular complexity index is 762. The molecule has 2 atom stereocenters. The number of nitrogens with zero attached hydrogens (tertiary/aromatic N) is 1. The zero-order valence-electron chi connectivity index (χ0n) is 14.8. The topological polar surface area (TPSA) is 51.2 Å². The van der Waals surface area contributed by atoms with Crippen LogP contribution in [0.2, 0.25) is 0 Å². The Kier molecular flexibility index (Phi) is 4.46. The fourth-order valence-corrected chi connectivity index (χ4v) is 4.30. The Morgan fingerprint density at radius 3 is 2.88 bits per heavy atom. The van der Waals surface area contributed by atoms with Gasteiger partial charge in [0.25, 0.3) is 0 Å². The van der Waals surface area contributed by atoms with Gasteiger partial charge in [-0.05, 0) is 37.0 Å². The lowest BCUT2D eigenvalue weighted by atomic mass is 9.86. The lowest BCUT2D eigenvalue weighted by Crippen LogP contribution is -2.46. The number of nitrogens with one attached hydrogen (secondary N) is 1. The first-order chi connectivity index (χ1) is 12.2.